The zero-order chi connectivity index (χ0) is 31.9. The zero-order valence-corrected chi connectivity index (χ0v) is 26.4. The van der Waals surface area contributed by atoms with Crippen LogP contribution in [-0.2, 0) is 35.0 Å². The fraction of sp³-hybridized carbons (Fsp3) is 0.677. The Kier molecular flexibility index (Phi) is 15.9. The Morgan fingerprint density at radius 3 is 1.90 bits per heavy atom. The standard InChI is InChI=1S/C31H49NO10/c1-9-12-22(6)27(33)40-23(7)16-31(32,28(34)37-8)17-24-13-14-25(41-29(35)38-18-20(4)10-2)26(15-24)42-30(36)39-19-21(5)11-3/h13-15,20-23H,9-12,16-19,32H2,1-8H3/t20?,21?,22?,23-,31?/m0/s1. The fourth-order valence-electron chi connectivity index (χ4n) is 3.94. The van der Waals surface area contributed by atoms with Gasteiger partial charge in [-0.1, -0.05) is 66.9 Å². The molecule has 0 heterocycles. The van der Waals surface area contributed by atoms with E-state index >= 15 is 0 Å². The second-order valence-electron chi connectivity index (χ2n) is 11.1. The maximum atomic E-state index is 12.8. The number of carbonyl (C=O) groups is 4. The number of ether oxygens (including phenoxy) is 6. The predicted molar refractivity (Wildman–Crippen MR) is 156 cm³/mol. The molecule has 1 rings (SSSR count). The first kappa shape index (κ1) is 36.7. The van der Waals surface area contributed by atoms with Crippen LogP contribution in [0.3, 0.4) is 0 Å². The highest BCUT2D eigenvalue weighted by molar-refractivity contribution is 5.81. The van der Waals surface area contributed by atoms with Gasteiger partial charge in [-0.2, -0.15) is 0 Å². The lowest BCUT2D eigenvalue weighted by Gasteiger charge is -2.30. The van der Waals surface area contributed by atoms with E-state index in [1.54, 1.807) is 19.9 Å². The molecule has 0 radical (unpaired) electrons. The van der Waals surface area contributed by atoms with Gasteiger partial charge in [0.1, 0.15) is 11.6 Å². The molecule has 0 aliphatic rings. The number of methoxy groups -OCH3 is 1. The van der Waals surface area contributed by atoms with Crippen LogP contribution in [0.1, 0.15) is 86.1 Å². The van der Waals surface area contributed by atoms with Crippen molar-refractivity contribution in [1.82, 2.24) is 0 Å². The molecule has 0 saturated heterocycles. The van der Waals surface area contributed by atoms with Gasteiger partial charge >= 0.3 is 24.2 Å². The molecule has 0 amide bonds. The van der Waals surface area contributed by atoms with Crippen molar-refractivity contribution in [3.05, 3.63) is 23.8 Å². The van der Waals surface area contributed by atoms with Crippen molar-refractivity contribution in [2.24, 2.45) is 23.5 Å². The van der Waals surface area contributed by atoms with E-state index < -0.39 is 29.9 Å². The van der Waals surface area contributed by atoms with Crippen LogP contribution in [0.2, 0.25) is 0 Å². The van der Waals surface area contributed by atoms with Crippen molar-refractivity contribution in [1.29, 1.82) is 0 Å². The molecule has 0 fully saturated rings. The SMILES string of the molecule is CCCC(C)C(=O)O[C@@H](C)CC(N)(Cc1ccc(OC(=O)OCC(C)CC)c(OC(=O)OCC(C)CC)c1)C(=O)OC. The molecule has 42 heavy (non-hydrogen) atoms. The zero-order valence-electron chi connectivity index (χ0n) is 26.4. The molecule has 11 nitrogen and oxygen atoms in total. The van der Waals surface area contributed by atoms with Crippen LogP contribution in [0.4, 0.5) is 9.59 Å². The topological polar surface area (TPSA) is 150 Å². The van der Waals surface area contributed by atoms with Crippen LogP contribution < -0.4 is 15.2 Å². The van der Waals surface area contributed by atoms with Crippen LogP contribution in [-0.4, -0.2) is 56.2 Å². The Balaban J connectivity index is 3.23. The average Bonchev–Trinajstić information content (AvgIpc) is 2.95. The van der Waals surface area contributed by atoms with Crippen molar-refractivity contribution in [3.63, 3.8) is 0 Å². The number of hydrogen-bond acceptors (Lipinski definition) is 11. The maximum absolute atomic E-state index is 12.8. The Morgan fingerprint density at radius 1 is 0.857 bits per heavy atom. The number of rotatable bonds is 17. The molecule has 0 aromatic heterocycles. The summed E-state index contributed by atoms with van der Waals surface area (Å²) >= 11 is 0. The van der Waals surface area contributed by atoms with Gasteiger partial charge in [0.25, 0.3) is 0 Å². The Labute approximate surface area is 249 Å². The van der Waals surface area contributed by atoms with Crippen molar-refractivity contribution < 1.29 is 47.6 Å². The maximum Gasteiger partial charge on any atom is 0.513 e. The minimum atomic E-state index is -1.59. The molecule has 1 aromatic rings. The van der Waals surface area contributed by atoms with Gasteiger partial charge in [-0.3, -0.25) is 9.59 Å². The smallest absolute Gasteiger partial charge is 0.468 e. The first-order valence-corrected chi connectivity index (χ1v) is 14.7. The summed E-state index contributed by atoms with van der Waals surface area (Å²) in [5.74, 6) is -1.32. The number of hydrogen-bond donors (Lipinski definition) is 1. The first-order chi connectivity index (χ1) is 19.8. The molecule has 11 heteroatoms. The summed E-state index contributed by atoms with van der Waals surface area (Å²) in [6, 6.07) is 4.40. The summed E-state index contributed by atoms with van der Waals surface area (Å²) in [5, 5.41) is 0. The van der Waals surface area contributed by atoms with E-state index in [1.165, 1.54) is 19.2 Å². The van der Waals surface area contributed by atoms with Gasteiger partial charge in [0, 0.05) is 12.8 Å². The van der Waals surface area contributed by atoms with Gasteiger partial charge < -0.3 is 34.2 Å². The van der Waals surface area contributed by atoms with E-state index in [2.05, 4.69) is 0 Å². The largest absolute Gasteiger partial charge is 0.513 e. The third kappa shape index (κ3) is 12.7. The normalized spacial score (nSPS) is 15.3. The summed E-state index contributed by atoms with van der Waals surface area (Å²) in [7, 11) is 1.22. The molecule has 238 valence electrons. The third-order valence-corrected chi connectivity index (χ3v) is 6.96. The van der Waals surface area contributed by atoms with Crippen molar-refractivity contribution in [3.8, 4) is 11.5 Å². The van der Waals surface area contributed by atoms with Crippen LogP contribution in [0, 0.1) is 17.8 Å². The summed E-state index contributed by atoms with van der Waals surface area (Å²) in [5.41, 5.74) is 5.41. The Bertz CT molecular complexity index is 1030. The Morgan fingerprint density at radius 2 is 1.40 bits per heavy atom. The molecule has 4 unspecified atom stereocenters. The van der Waals surface area contributed by atoms with Gasteiger partial charge in [0.15, 0.2) is 11.5 Å². The van der Waals surface area contributed by atoms with Crippen LogP contribution in [0.5, 0.6) is 11.5 Å². The van der Waals surface area contributed by atoms with E-state index in [-0.39, 0.29) is 61.3 Å². The van der Waals surface area contributed by atoms with Crippen LogP contribution in [0.25, 0.3) is 0 Å². The molecular weight excluding hydrogens is 546 g/mol. The number of esters is 2. The fourth-order valence-corrected chi connectivity index (χ4v) is 3.94. The summed E-state index contributed by atoms with van der Waals surface area (Å²) < 4.78 is 31.6. The summed E-state index contributed by atoms with van der Waals surface area (Å²) in [6.07, 6.45) is 0.397. The highest BCUT2D eigenvalue weighted by Gasteiger charge is 2.38. The molecular formula is C31H49NO10. The molecule has 0 aliphatic carbocycles. The quantitative estimate of drug-likeness (QED) is 0.129. The molecule has 5 atom stereocenters. The minimum absolute atomic E-state index is 0.0302. The van der Waals surface area contributed by atoms with Gasteiger partial charge in [0.05, 0.1) is 26.2 Å². The van der Waals surface area contributed by atoms with E-state index in [0.29, 0.717) is 12.0 Å². The molecule has 0 spiro atoms. The van der Waals surface area contributed by atoms with Gasteiger partial charge in [-0.15, -0.1) is 0 Å². The van der Waals surface area contributed by atoms with Gasteiger partial charge in [-0.25, -0.2) is 9.59 Å². The van der Waals surface area contributed by atoms with Crippen molar-refractivity contribution in [2.75, 3.05) is 20.3 Å². The van der Waals surface area contributed by atoms with Crippen molar-refractivity contribution >= 4 is 24.2 Å². The molecule has 1 aromatic carbocycles. The number of carbonyl (C=O) groups excluding carboxylic acids is 4. The van der Waals surface area contributed by atoms with E-state index in [4.69, 9.17) is 34.2 Å². The van der Waals surface area contributed by atoms with Gasteiger partial charge in [-0.05, 0) is 42.9 Å². The monoisotopic (exact) mass is 595 g/mol. The number of nitrogens with two attached hydrogens (primary N) is 1. The molecule has 0 bridgehead atoms. The summed E-state index contributed by atoms with van der Waals surface area (Å²) in [6.45, 7) is 13.5. The lowest BCUT2D eigenvalue weighted by molar-refractivity contribution is -0.157. The van der Waals surface area contributed by atoms with E-state index in [1.807, 2.05) is 34.6 Å². The minimum Gasteiger partial charge on any atom is -0.468 e. The molecule has 0 saturated carbocycles. The van der Waals surface area contributed by atoms with Gasteiger partial charge in [0.2, 0.25) is 0 Å². The van der Waals surface area contributed by atoms with Crippen LogP contribution >= 0.6 is 0 Å². The lowest BCUT2D eigenvalue weighted by Crippen LogP contribution is -2.53. The summed E-state index contributed by atoms with van der Waals surface area (Å²) in [4.78, 5) is 50.0. The molecule has 2 N–H and O–H groups in total. The molecule has 0 aliphatic heterocycles. The lowest BCUT2D eigenvalue weighted by atomic mass is 9.86. The average molecular weight is 596 g/mol. The first-order valence-electron chi connectivity index (χ1n) is 14.7. The predicted octanol–water partition coefficient (Wildman–Crippen LogP) is 5.98. The van der Waals surface area contributed by atoms with E-state index in [9.17, 15) is 19.2 Å². The second kappa shape index (κ2) is 18.3. The second-order valence-corrected chi connectivity index (χ2v) is 11.1. The van der Waals surface area contributed by atoms with Crippen molar-refractivity contribution in [2.45, 2.75) is 98.6 Å². The number of benzene rings is 1. The highest BCUT2D eigenvalue weighted by atomic mass is 16.7. The Hall–Kier alpha value is -3.34. The third-order valence-electron chi connectivity index (χ3n) is 6.96. The van der Waals surface area contributed by atoms with Crippen LogP contribution in [0.15, 0.2) is 18.2 Å². The van der Waals surface area contributed by atoms with E-state index in [0.717, 1.165) is 19.3 Å². The highest BCUT2D eigenvalue weighted by Crippen LogP contribution is 2.32.